The van der Waals surface area contributed by atoms with Crippen LogP contribution in [0.1, 0.15) is 0 Å². The van der Waals surface area contributed by atoms with E-state index < -0.39 is 12.6 Å². The normalized spacial score (nSPS) is 6.17. The molecular formula is C2H3FO2Pd. The number of carboxylic acids is 1. The number of hydrogen-bond donors (Lipinski definition) is 1. The van der Waals surface area contributed by atoms with E-state index in [0.29, 0.717) is 0 Å². The molecule has 0 radical (unpaired) electrons. The van der Waals surface area contributed by atoms with Crippen molar-refractivity contribution >= 4 is 5.97 Å². The molecule has 0 aromatic heterocycles. The molecular weight excluding hydrogens is 181 g/mol. The van der Waals surface area contributed by atoms with Gasteiger partial charge in [0.05, 0.1) is 0 Å². The third kappa shape index (κ3) is 8.96. The number of aliphatic carboxylic acids is 1. The topological polar surface area (TPSA) is 37.3 Å². The van der Waals surface area contributed by atoms with Crippen molar-refractivity contribution < 1.29 is 34.7 Å². The van der Waals surface area contributed by atoms with E-state index in [1.807, 2.05) is 0 Å². The molecule has 0 aliphatic rings. The van der Waals surface area contributed by atoms with Crippen LogP contribution in [-0.4, -0.2) is 17.8 Å². The average Bonchev–Trinajstić information content (AvgIpc) is 1.38. The average molecular weight is 184 g/mol. The van der Waals surface area contributed by atoms with E-state index in [2.05, 4.69) is 0 Å². The predicted molar refractivity (Wildman–Crippen MR) is 13.6 cm³/mol. The third-order valence-corrected chi connectivity index (χ3v) is 0.114. The van der Waals surface area contributed by atoms with Crippen molar-refractivity contribution in [3.8, 4) is 0 Å². The fraction of sp³-hybridized carbons (Fsp3) is 0.500. The fourth-order valence-electron chi connectivity index (χ4n) is 0. The molecule has 0 spiro atoms. The second-order valence-electron chi connectivity index (χ2n) is 0.527. The van der Waals surface area contributed by atoms with Crippen LogP contribution in [0.25, 0.3) is 0 Å². The number of halogens is 1. The van der Waals surface area contributed by atoms with Gasteiger partial charge in [0, 0.05) is 20.4 Å². The zero-order chi connectivity index (χ0) is 4.28. The van der Waals surface area contributed by atoms with Crippen LogP contribution in [0.2, 0.25) is 0 Å². The summed E-state index contributed by atoms with van der Waals surface area (Å²) in [4.78, 5) is 8.99. The van der Waals surface area contributed by atoms with E-state index in [9.17, 15) is 4.39 Å². The number of alkyl halides is 1. The van der Waals surface area contributed by atoms with Gasteiger partial charge >= 0.3 is 5.97 Å². The standard InChI is InChI=1S/C2H3FO2.Pd/c3-1-2(4)5;/h1H2,(H,4,5);. The number of hydrogen-bond acceptors (Lipinski definition) is 1. The summed E-state index contributed by atoms with van der Waals surface area (Å²) < 4.78 is 10.5. The minimum absolute atomic E-state index is 0. The Bertz CT molecular complexity index is 46.8. The molecule has 0 unspecified atom stereocenters. The first-order chi connectivity index (χ1) is 2.27. The molecule has 0 heterocycles. The van der Waals surface area contributed by atoms with E-state index in [-0.39, 0.29) is 20.4 Å². The van der Waals surface area contributed by atoms with Gasteiger partial charge in [-0.15, -0.1) is 0 Å². The van der Waals surface area contributed by atoms with Crippen molar-refractivity contribution in [3.05, 3.63) is 0 Å². The van der Waals surface area contributed by atoms with Crippen LogP contribution in [0.4, 0.5) is 4.39 Å². The summed E-state index contributed by atoms with van der Waals surface area (Å²) in [5.41, 5.74) is 0. The Labute approximate surface area is 48.0 Å². The second kappa shape index (κ2) is 5.06. The summed E-state index contributed by atoms with van der Waals surface area (Å²) in [6, 6.07) is 0. The molecule has 0 aromatic carbocycles. The van der Waals surface area contributed by atoms with E-state index in [0.717, 1.165) is 0 Å². The van der Waals surface area contributed by atoms with Crippen molar-refractivity contribution in [3.63, 3.8) is 0 Å². The van der Waals surface area contributed by atoms with Crippen LogP contribution < -0.4 is 0 Å². The molecule has 40 valence electrons. The number of rotatable bonds is 1. The Morgan fingerprint density at radius 1 is 1.83 bits per heavy atom. The molecule has 0 saturated heterocycles. The van der Waals surface area contributed by atoms with Crippen molar-refractivity contribution in [2.45, 2.75) is 0 Å². The van der Waals surface area contributed by atoms with Gasteiger partial charge in [-0.25, -0.2) is 9.18 Å². The molecule has 1 N–H and O–H groups in total. The molecule has 0 aliphatic heterocycles. The van der Waals surface area contributed by atoms with Gasteiger partial charge in [-0.1, -0.05) is 0 Å². The molecule has 0 aromatic rings. The quantitative estimate of drug-likeness (QED) is 0.584. The zero-order valence-electron chi connectivity index (χ0n) is 2.76. The van der Waals surface area contributed by atoms with Gasteiger partial charge < -0.3 is 5.11 Å². The predicted octanol–water partition coefficient (Wildman–Crippen LogP) is 0.0380. The van der Waals surface area contributed by atoms with E-state index in [1.54, 1.807) is 0 Å². The van der Waals surface area contributed by atoms with Gasteiger partial charge in [-0.3, -0.25) is 0 Å². The number of carboxylic acid groups (broad SMARTS) is 1. The smallest absolute Gasteiger partial charge is 0.335 e. The first-order valence-corrected chi connectivity index (χ1v) is 1.05. The van der Waals surface area contributed by atoms with Crippen molar-refractivity contribution in [1.82, 2.24) is 0 Å². The van der Waals surface area contributed by atoms with Crippen LogP contribution in [0, 0.1) is 0 Å². The van der Waals surface area contributed by atoms with Crippen LogP contribution in [0.15, 0.2) is 0 Å². The molecule has 0 amide bonds. The summed E-state index contributed by atoms with van der Waals surface area (Å²) in [6.45, 7) is -1.28. The van der Waals surface area contributed by atoms with E-state index in [1.165, 1.54) is 0 Å². The fourth-order valence-corrected chi connectivity index (χ4v) is 0. The Balaban J connectivity index is 0. The Morgan fingerprint density at radius 2 is 2.00 bits per heavy atom. The maximum Gasteiger partial charge on any atom is 0.335 e. The molecule has 0 bridgehead atoms. The summed E-state index contributed by atoms with van der Waals surface area (Å²) in [6.07, 6.45) is 0. The minimum atomic E-state index is -1.41. The van der Waals surface area contributed by atoms with Crippen molar-refractivity contribution in [2.75, 3.05) is 6.67 Å². The molecule has 0 aliphatic carbocycles. The van der Waals surface area contributed by atoms with Crippen LogP contribution in [0.5, 0.6) is 0 Å². The summed E-state index contributed by atoms with van der Waals surface area (Å²) in [5, 5.41) is 7.35. The molecule has 0 atom stereocenters. The van der Waals surface area contributed by atoms with Crippen LogP contribution >= 0.6 is 0 Å². The molecule has 4 heteroatoms. The molecule has 6 heavy (non-hydrogen) atoms. The summed E-state index contributed by atoms with van der Waals surface area (Å²) in [7, 11) is 0. The second-order valence-corrected chi connectivity index (χ2v) is 0.527. The first-order valence-electron chi connectivity index (χ1n) is 1.05. The Hall–Kier alpha value is 0.0623. The Kier molecular flexibility index (Phi) is 7.94. The van der Waals surface area contributed by atoms with Gasteiger partial charge in [-0.05, 0) is 0 Å². The summed E-state index contributed by atoms with van der Waals surface area (Å²) >= 11 is 0. The van der Waals surface area contributed by atoms with Crippen LogP contribution in [-0.2, 0) is 25.2 Å². The van der Waals surface area contributed by atoms with E-state index in [4.69, 9.17) is 9.90 Å². The van der Waals surface area contributed by atoms with Gasteiger partial charge in [-0.2, -0.15) is 0 Å². The molecule has 0 saturated carbocycles. The van der Waals surface area contributed by atoms with Gasteiger partial charge in [0.15, 0.2) is 6.67 Å². The SMILES string of the molecule is O=C(O)CF.[Pd]. The number of carbonyl (C=O) groups is 1. The van der Waals surface area contributed by atoms with E-state index >= 15 is 0 Å². The zero-order valence-corrected chi connectivity index (χ0v) is 4.31. The molecule has 2 nitrogen and oxygen atoms in total. The Morgan fingerprint density at radius 3 is 2.00 bits per heavy atom. The van der Waals surface area contributed by atoms with Gasteiger partial charge in [0.2, 0.25) is 0 Å². The van der Waals surface area contributed by atoms with Crippen molar-refractivity contribution in [2.24, 2.45) is 0 Å². The maximum atomic E-state index is 10.5. The first kappa shape index (κ1) is 9.41. The maximum absolute atomic E-state index is 10.5. The molecule has 0 rings (SSSR count). The monoisotopic (exact) mass is 184 g/mol. The van der Waals surface area contributed by atoms with Crippen LogP contribution in [0.3, 0.4) is 0 Å². The summed E-state index contributed by atoms with van der Waals surface area (Å²) in [5.74, 6) is -1.41. The minimum Gasteiger partial charge on any atom is -0.479 e. The van der Waals surface area contributed by atoms with Gasteiger partial charge in [0.1, 0.15) is 0 Å². The van der Waals surface area contributed by atoms with Gasteiger partial charge in [0.25, 0.3) is 0 Å². The van der Waals surface area contributed by atoms with Crippen molar-refractivity contribution in [1.29, 1.82) is 0 Å². The largest absolute Gasteiger partial charge is 0.479 e. The molecule has 0 fully saturated rings. The third-order valence-electron chi connectivity index (χ3n) is 0.114.